The molecule has 4 heteroatoms. The number of nitrogens with zero attached hydrogens (tertiary/aromatic N) is 2. The van der Waals surface area contributed by atoms with Crippen LogP contribution in [0.15, 0.2) is 24.4 Å². The smallest absolute Gasteiger partial charge is 0.170 e. The van der Waals surface area contributed by atoms with E-state index < -0.39 is 0 Å². The fraction of sp³-hybridized carbons (Fsp3) is 0.100. The van der Waals surface area contributed by atoms with Gasteiger partial charge in [0.15, 0.2) is 12.1 Å². The molecule has 0 radical (unpaired) electrons. The van der Waals surface area contributed by atoms with Gasteiger partial charge >= 0.3 is 0 Å². The predicted octanol–water partition coefficient (Wildman–Crippen LogP) is 1.59. The molecule has 1 N–H and O–H groups in total. The SMILES string of the molecule is Cc1[nH]c(-c2ccccn2)nc1C=O. The molecule has 14 heavy (non-hydrogen) atoms. The lowest BCUT2D eigenvalue weighted by Crippen LogP contribution is -1.84. The Balaban J connectivity index is 2.48. The van der Waals surface area contributed by atoms with Gasteiger partial charge in [-0.05, 0) is 19.1 Å². The molecule has 0 fully saturated rings. The minimum Gasteiger partial charge on any atom is -0.340 e. The van der Waals surface area contributed by atoms with Crippen LogP contribution in [0.1, 0.15) is 16.2 Å². The number of aromatic nitrogens is 3. The second kappa shape index (κ2) is 3.41. The highest BCUT2D eigenvalue weighted by molar-refractivity contribution is 5.75. The Hall–Kier alpha value is -1.97. The summed E-state index contributed by atoms with van der Waals surface area (Å²) in [6.45, 7) is 1.81. The summed E-state index contributed by atoms with van der Waals surface area (Å²) in [4.78, 5) is 21.8. The van der Waals surface area contributed by atoms with Gasteiger partial charge in [0.05, 0.1) is 0 Å². The van der Waals surface area contributed by atoms with Crippen LogP contribution < -0.4 is 0 Å². The lowest BCUT2D eigenvalue weighted by molar-refractivity contribution is 0.111. The van der Waals surface area contributed by atoms with Crippen molar-refractivity contribution in [1.82, 2.24) is 15.0 Å². The lowest BCUT2D eigenvalue weighted by Gasteiger charge is -1.92. The van der Waals surface area contributed by atoms with Crippen molar-refractivity contribution in [3.63, 3.8) is 0 Å². The van der Waals surface area contributed by atoms with Crippen LogP contribution in [-0.2, 0) is 0 Å². The third-order valence-corrected chi connectivity index (χ3v) is 1.94. The number of H-pyrrole nitrogens is 1. The van der Waals surface area contributed by atoms with E-state index in [2.05, 4.69) is 15.0 Å². The number of aryl methyl sites for hydroxylation is 1. The zero-order valence-corrected chi connectivity index (χ0v) is 7.69. The van der Waals surface area contributed by atoms with Crippen LogP contribution in [0.5, 0.6) is 0 Å². The molecular weight excluding hydrogens is 178 g/mol. The molecule has 0 unspecified atom stereocenters. The van der Waals surface area contributed by atoms with Crippen LogP contribution >= 0.6 is 0 Å². The second-order valence-electron chi connectivity index (χ2n) is 2.93. The minimum absolute atomic E-state index is 0.436. The number of pyridine rings is 1. The molecule has 0 atom stereocenters. The van der Waals surface area contributed by atoms with Crippen molar-refractivity contribution in [2.45, 2.75) is 6.92 Å². The lowest BCUT2D eigenvalue weighted by atomic mass is 10.3. The van der Waals surface area contributed by atoms with Crippen LogP contribution in [0.25, 0.3) is 11.5 Å². The van der Waals surface area contributed by atoms with Gasteiger partial charge in [0.25, 0.3) is 0 Å². The number of nitrogens with one attached hydrogen (secondary N) is 1. The van der Waals surface area contributed by atoms with E-state index in [-0.39, 0.29) is 0 Å². The maximum absolute atomic E-state index is 10.6. The molecule has 70 valence electrons. The Labute approximate surface area is 81.0 Å². The first kappa shape index (κ1) is 8.62. The van der Waals surface area contributed by atoms with Crippen LogP contribution in [0.2, 0.25) is 0 Å². The summed E-state index contributed by atoms with van der Waals surface area (Å²) in [5.74, 6) is 0.630. The molecule has 0 spiro atoms. The van der Waals surface area contributed by atoms with E-state index in [0.717, 1.165) is 17.7 Å². The van der Waals surface area contributed by atoms with E-state index in [0.29, 0.717) is 11.5 Å². The largest absolute Gasteiger partial charge is 0.340 e. The summed E-state index contributed by atoms with van der Waals surface area (Å²) in [6.07, 6.45) is 2.42. The number of hydrogen-bond acceptors (Lipinski definition) is 3. The fourth-order valence-corrected chi connectivity index (χ4v) is 1.21. The van der Waals surface area contributed by atoms with Gasteiger partial charge < -0.3 is 4.98 Å². The Morgan fingerprint density at radius 3 is 2.86 bits per heavy atom. The molecule has 0 aliphatic carbocycles. The first-order chi connectivity index (χ1) is 6.81. The number of rotatable bonds is 2. The van der Waals surface area contributed by atoms with E-state index in [9.17, 15) is 4.79 Å². The van der Waals surface area contributed by atoms with Gasteiger partial charge in [-0.3, -0.25) is 9.78 Å². The highest BCUT2D eigenvalue weighted by atomic mass is 16.1. The molecule has 2 aromatic rings. The molecule has 0 aliphatic rings. The van der Waals surface area contributed by atoms with Gasteiger partial charge in [0.1, 0.15) is 11.4 Å². The topological polar surface area (TPSA) is 58.6 Å². The summed E-state index contributed by atoms with van der Waals surface area (Å²) in [6, 6.07) is 5.55. The maximum atomic E-state index is 10.6. The van der Waals surface area contributed by atoms with E-state index in [1.165, 1.54) is 0 Å². The van der Waals surface area contributed by atoms with Crippen molar-refractivity contribution in [3.05, 3.63) is 35.8 Å². The van der Waals surface area contributed by atoms with Crippen LogP contribution in [0.3, 0.4) is 0 Å². The molecular formula is C10H9N3O. The number of hydrogen-bond donors (Lipinski definition) is 1. The normalized spacial score (nSPS) is 10.1. The van der Waals surface area contributed by atoms with Gasteiger partial charge in [0, 0.05) is 11.9 Å². The summed E-state index contributed by atoms with van der Waals surface area (Å²) in [5, 5.41) is 0. The molecule has 2 heterocycles. The summed E-state index contributed by atoms with van der Waals surface area (Å²) in [5.41, 5.74) is 1.94. The molecule has 0 saturated heterocycles. The van der Waals surface area contributed by atoms with Crippen molar-refractivity contribution in [3.8, 4) is 11.5 Å². The molecule has 2 aromatic heterocycles. The fourth-order valence-electron chi connectivity index (χ4n) is 1.21. The predicted molar refractivity (Wildman–Crippen MR) is 51.9 cm³/mol. The summed E-state index contributed by atoms with van der Waals surface area (Å²) < 4.78 is 0. The highest BCUT2D eigenvalue weighted by Crippen LogP contribution is 2.13. The van der Waals surface area contributed by atoms with E-state index >= 15 is 0 Å². The Kier molecular flexibility index (Phi) is 2.10. The molecule has 2 rings (SSSR count). The second-order valence-corrected chi connectivity index (χ2v) is 2.93. The number of carbonyl (C=O) groups is 1. The summed E-state index contributed by atoms with van der Waals surface area (Å²) >= 11 is 0. The Morgan fingerprint density at radius 2 is 2.29 bits per heavy atom. The monoisotopic (exact) mass is 187 g/mol. The Bertz CT molecular complexity index is 448. The molecule has 0 saturated carbocycles. The van der Waals surface area contributed by atoms with Crippen molar-refractivity contribution in [2.75, 3.05) is 0 Å². The van der Waals surface area contributed by atoms with Gasteiger partial charge in [-0.25, -0.2) is 4.98 Å². The average molecular weight is 187 g/mol. The highest BCUT2D eigenvalue weighted by Gasteiger charge is 2.07. The van der Waals surface area contributed by atoms with Gasteiger partial charge in [-0.2, -0.15) is 0 Å². The van der Waals surface area contributed by atoms with Crippen molar-refractivity contribution < 1.29 is 4.79 Å². The number of aldehydes is 1. The van der Waals surface area contributed by atoms with E-state index in [1.54, 1.807) is 6.20 Å². The average Bonchev–Trinajstić information content (AvgIpc) is 2.61. The third-order valence-electron chi connectivity index (χ3n) is 1.94. The van der Waals surface area contributed by atoms with Gasteiger partial charge in [-0.15, -0.1) is 0 Å². The molecule has 0 amide bonds. The van der Waals surface area contributed by atoms with Crippen LogP contribution in [0, 0.1) is 6.92 Å². The maximum Gasteiger partial charge on any atom is 0.170 e. The van der Waals surface area contributed by atoms with Gasteiger partial charge in [-0.1, -0.05) is 6.07 Å². The minimum atomic E-state index is 0.436. The third kappa shape index (κ3) is 1.42. The van der Waals surface area contributed by atoms with Crippen molar-refractivity contribution in [1.29, 1.82) is 0 Å². The molecule has 0 aromatic carbocycles. The van der Waals surface area contributed by atoms with Crippen molar-refractivity contribution in [2.24, 2.45) is 0 Å². The Morgan fingerprint density at radius 1 is 1.43 bits per heavy atom. The quantitative estimate of drug-likeness (QED) is 0.726. The van der Waals surface area contributed by atoms with Crippen LogP contribution in [0.4, 0.5) is 0 Å². The zero-order chi connectivity index (χ0) is 9.97. The number of carbonyl (C=O) groups excluding carboxylic acids is 1. The number of aromatic amines is 1. The van der Waals surface area contributed by atoms with E-state index in [4.69, 9.17) is 0 Å². The van der Waals surface area contributed by atoms with Gasteiger partial charge in [0.2, 0.25) is 0 Å². The van der Waals surface area contributed by atoms with Crippen molar-refractivity contribution >= 4 is 6.29 Å². The first-order valence-electron chi connectivity index (χ1n) is 4.24. The van der Waals surface area contributed by atoms with Crippen LogP contribution in [-0.4, -0.2) is 21.2 Å². The molecule has 0 aliphatic heterocycles. The number of imidazole rings is 1. The van der Waals surface area contributed by atoms with E-state index in [1.807, 2.05) is 25.1 Å². The molecule has 0 bridgehead atoms. The summed E-state index contributed by atoms with van der Waals surface area (Å²) in [7, 11) is 0. The molecule has 4 nitrogen and oxygen atoms in total. The first-order valence-corrected chi connectivity index (χ1v) is 4.24. The standard InChI is InChI=1S/C10H9N3O/c1-7-9(6-14)13-10(12-7)8-4-2-3-5-11-8/h2-6H,1H3,(H,12,13). The zero-order valence-electron chi connectivity index (χ0n) is 7.69.